The number of aryl methyl sites for hydroxylation is 1. The van der Waals surface area contributed by atoms with Gasteiger partial charge < -0.3 is 15.6 Å². The fraction of sp³-hybridized carbons (Fsp3) is 0.385. The highest BCUT2D eigenvalue weighted by Crippen LogP contribution is 2.38. The number of H-pyrrole nitrogens is 1. The maximum Gasteiger partial charge on any atom is 0.254 e. The summed E-state index contributed by atoms with van der Waals surface area (Å²) >= 11 is 0. The van der Waals surface area contributed by atoms with Gasteiger partial charge in [0.1, 0.15) is 0 Å². The molecule has 5 rings (SSSR count). The lowest BCUT2D eigenvalue weighted by molar-refractivity contribution is 0.0964. The molecular formula is C26H31N5O. The molecule has 6 nitrogen and oxygen atoms in total. The number of amides is 1. The summed E-state index contributed by atoms with van der Waals surface area (Å²) in [4.78, 5) is 16.1. The second-order valence-corrected chi connectivity index (χ2v) is 9.22. The Bertz CT molecular complexity index is 1310. The number of aromatic nitrogens is 3. The third-order valence-electron chi connectivity index (χ3n) is 6.81. The zero-order valence-electron chi connectivity index (χ0n) is 19.2. The van der Waals surface area contributed by atoms with Crippen LogP contribution in [0.2, 0.25) is 0 Å². The normalized spacial score (nSPS) is 15.2. The monoisotopic (exact) mass is 429 g/mol. The molecule has 0 atom stereocenters. The van der Waals surface area contributed by atoms with Crippen molar-refractivity contribution in [2.24, 2.45) is 0 Å². The van der Waals surface area contributed by atoms with Crippen LogP contribution in [0, 0.1) is 6.92 Å². The Morgan fingerprint density at radius 2 is 1.97 bits per heavy atom. The predicted octanol–water partition coefficient (Wildman–Crippen LogP) is 4.74. The van der Waals surface area contributed by atoms with Gasteiger partial charge in [-0.2, -0.15) is 5.10 Å². The van der Waals surface area contributed by atoms with E-state index < -0.39 is 0 Å². The van der Waals surface area contributed by atoms with Gasteiger partial charge in [0.25, 0.3) is 5.91 Å². The van der Waals surface area contributed by atoms with Crippen molar-refractivity contribution < 1.29 is 4.79 Å². The molecule has 3 aromatic heterocycles. The van der Waals surface area contributed by atoms with Crippen LogP contribution in [0.25, 0.3) is 27.7 Å². The fourth-order valence-corrected chi connectivity index (χ4v) is 5.17. The number of piperidine rings is 1. The molecule has 4 aromatic rings. The molecule has 1 saturated heterocycles. The van der Waals surface area contributed by atoms with Gasteiger partial charge in [-0.1, -0.05) is 19.9 Å². The third kappa shape index (κ3) is 3.39. The summed E-state index contributed by atoms with van der Waals surface area (Å²) in [5.41, 5.74) is 8.57. The average molecular weight is 430 g/mol. The molecule has 6 heteroatoms. The summed E-state index contributed by atoms with van der Waals surface area (Å²) in [6.07, 6.45) is 4.03. The predicted molar refractivity (Wildman–Crippen MR) is 130 cm³/mol. The zero-order valence-corrected chi connectivity index (χ0v) is 19.2. The van der Waals surface area contributed by atoms with Gasteiger partial charge in [0.15, 0.2) is 0 Å². The van der Waals surface area contributed by atoms with Crippen LogP contribution >= 0.6 is 0 Å². The second kappa shape index (κ2) is 8.10. The first-order valence-electron chi connectivity index (χ1n) is 11.5. The summed E-state index contributed by atoms with van der Waals surface area (Å²) < 4.78 is 1.83. The first-order chi connectivity index (χ1) is 15.5. The Labute approximate surface area is 188 Å². The van der Waals surface area contributed by atoms with E-state index in [4.69, 9.17) is 0 Å². The van der Waals surface area contributed by atoms with Crippen molar-refractivity contribution in [1.29, 1.82) is 0 Å². The number of carbonyl (C=O) groups is 1. The minimum absolute atomic E-state index is 0.121. The maximum absolute atomic E-state index is 12.4. The second-order valence-electron chi connectivity index (χ2n) is 9.22. The van der Waals surface area contributed by atoms with Gasteiger partial charge in [-0.05, 0) is 80.1 Å². The van der Waals surface area contributed by atoms with Crippen LogP contribution in [0.3, 0.4) is 0 Å². The fourth-order valence-electron chi connectivity index (χ4n) is 5.17. The van der Waals surface area contributed by atoms with E-state index in [-0.39, 0.29) is 5.91 Å². The van der Waals surface area contributed by atoms with E-state index in [1.165, 1.54) is 34.9 Å². The van der Waals surface area contributed by atoms with Crippen molar-refractivity contribution in [3.63, 3.8) is 0 Å². The van der Waals surface area contributed by atoms with Gasteiger partial charge >= 0.3 is 0 Å². The number of aromatic amines is 1. The van der Waals surface area contributed by atoms with Crippen LogP contribution in [0.4, 0.5) is 0 Å². The minimum Gasteiger partial charge on any atom is -0.355 e. The first kappa shape index (κ1) is 20.8. The Hall–Kier alpha value is -3.12. The van der Waals surface area contributed by atoms with Crippen LogP contribution in [-0.4, -0.2) is 40.6 Å². The standard InChI is InChI=1S/C26H31N5O/c1-15(2)24-20-12-18(17-7-9-28-10-8-17)5-6-22(20)30-25(24)19-11-16(3)31-23(13-19)21(14-29-31)26(32)27-4/h5-6,11-15,17,28,30H,7-10H2,1-4H3,(H,27,32). The molecule has 0 spiro atoms. The molecule has 1 amide bonds. The summed E-state index contributed by atoms with van der Waals surface area (Å²) in [5.74, 6) is 0.866. The van der Waals surface area contributed by atoms with Crippen LogP contribution in [0.15, 0.2) is 36.5 Å². The minimum atomic E-state index is -0.121. The highest BCUT2D eigenvalue weighted by Gasteiger charge is 2.21. The number of carbonyl (C=O) groups excluding carboxylic acids is 1. The molecule has 0 aliphatic carbocycles. The largest absolute Gasteiger partial charge is 0.355 e. The molecule has 1 fully saturated rings. The van der Waals surface area contributed by atoms with Crippen LogP contribution in [0.1, 0.15) is 65.7 Å². The van der Waals surface area contributed by atoms with Crippen LogP contribution in [0.5, 0.6) is 0 Å². The SMILES string of the molecule is CNC(=O)c1cnn2c(C)cc(-c3[nH]c4ccc(C5CCNCC5)cc4c3C(C)C)cc12. The van der Waals surface area contributed by atoms with Gasteiger partial charge in [-0.25, -0.2) is 4.52 Å². The molecular weight excluding hydrogens is 398 g/mol. The number of rotatable bonds is 4. The Morgan fingerprint density at radius 1 is 1.19 bits per heavy atom. The van der Waals surface area contributed by atoms with Gasteiger partial charge in [-0.3, -0.25) is 4.79 Å². The lowest BCUT2D eigenvalue weighted by atomic mass is 9.88. The molecule has 0 radical (unpaired) electrons. The number of hydrogen-bond acceptors (Lipinski definition) is 3. The lowest BCUT2D eigenvalue weighted by Gasteiger charge is -2.23. The van der Waals surface area contributed by atoms with Gasteiger partial charge in [-0.15, -0.1) is 0 Å². The van der Waals surface area contributed by atoms with Gasteiger partial charge in [0, 0.05) is 29.2 Å². The summed E-state index contributed by atoms with van der Waals surface area (Å²) in [7, 11) is 1.65. The van der Waals surface area contributed by atoms with Crippen molar-refractivity contribution in [2.75, 3.05) is 20.1 Å². The molecule has 0 unspecified atom stereocenters. The molecule has 3 N–H and O–H groups in total. The number of nitrogens with zero attached hydrogens (tertiary/aromatic N) is 2. The van der Waals surface area contributed by atoms with Crippen molar-refractivity contribution >= 4 is 22.3 Å². The number of nitrogens with one attached hydrogen (secondary N) is 3. The summed E-state index contributed by atoms with van der Waals surface area (Å²) in [6.45, 7) is 8.73. The quantitative estimate of drug-likeness (QED) is 0.439. The van der Waals surface area contributed by atoms with E-state index in [1.54, 1.807) is 13.2 Å². The highest BCUT2D eigenvalue weighted by atomic mass is 16.1. The topological polar surface area (TPSA) is 74.2 Å². The Morgan fingerprint density at radius 3 is 2.69 bits per heavy atom. The molecule has 166 valence electrons. The van der Waals surface area contributed by atoms with E-state index in [2.05, 4.69) is 64.9 Å². The number of pyridine rings is 1. The van der Waals surface area contributed by atoms with Crippen molar-refractivity contribution in [2.45, 2.75) is 45.4 Å². The molecule has 0 saturated carbocycles. The third-order valence-corrected chi connectivity index (χ3v) is 6.81. The van der Waals surface area contributed by atoms with E-state index >= 15 is 0 Å². The molecule has 32 heavy (non-hydrogen) atoms. The summed E-state index contributed by atoms with van der Waals surface area (Å²) in [5, 5.41) is 11.9. The Kier molecular flexibility index (Phi) is 5.25. The molecule has 0 bridgehead atoms. The first-order valence-corrected chi connectivity index (χ1v) is 11.5. The van der Waals surface area contributed by atoms with E-state index in [1.807, 2.05) is 11.4 Å². The zero-order chi connectivity index (χ0) is 22.4. The molecule has 4 heterocycles. The van der Waals surface area contributed by atoms with E-state index in [0.717, 1.165) is 35.6 Å². The number of hydrogen-bond donors (Lipinski definition) is 3. The van der Waals surface area contributed by atoms with Crippen LogP contribution < -0.4 is 10.6 Å². The van der Waals surface area contributed by atoms with Crippen molar-refractivity contribution in [3.05, 3.63) is 58.9 Å². The van der Waals surface area contributed by atoms with E-state index in [0.29, 0.717) is 17.4 Å². The Balaban J connectivity index is 1.69. The highest BCUT2D eigenvalue weighted by molar-refractivity contribution is 6.01. The van der Waals surface area contributed by atoms with Crippen molar-refractivity contribution in [1.82, 2.24) is 25.2 Å². The molecule has 1 aromatic carbocycles. The van der Waals surface area contributed by atoms with E-state index in [9.17, 15) is 4.79 Å². The lowest BCUT2D eigenvalue weighted by Crippen LogP contribution is -2.26. The number of benzene rings is 1. The smallest absolute Gasteiger partial charge is 0.254 e. The van der Waals surface area contributed by atoms with Crippen LogP contribution in [-0.2, 0) is 0 Å². The number of fused-ring (bicyclic) bond motifs is 2. The summed E-state index contributed by atoms with van der Waals surface area (Å²) in [6, 6.07) is 11.2. The van der Waals surface area contributed by atoms with Gasteiger partial charge in [0.05, 0.1) is 23.0 Å². The van der Waals surface area contributed by atoms with Crippen molar-refractivity contribution in [3.8, 4) is 11.3 Å². The average Bonchev–Trinajstić information content (AvgIpc) is 3.40. The molecule has 1 aliphatic rings. The van der Waals surface area contributed by atoms with Gasteiger partial charge in [0.2, 0.25) is 0 Å². The maximum atomic E-state index is 12.4. The molecule has 1 aliphatic heterocycles.